The highest BCUT2D eigenvalue weighted by molar-refractivity contribution is 7.99. The molecule has 0 aliphatic carbocycles. The molecule has 1 heterocycles. The lowest BCUT2D eigenvalue weighted by molar-refractivity contribution is -0.117. The summed E-state index contributed by atoms with van der Waals surface area (Å²) in [4.78, 5) is 14.1. The lowest BCUT2D eigenvalue weighted by Crippen LogP contribution is -2.46. The minimum absolute atomic E-state index is 0.00225. The molecular formula is C13H18ClN3OS. The Balaban J connectivity index is 2.14. The highest BCUT2D eigenvalue weighted by Gasteiger charge is 2.22. The largest absolute Gasteiger partial charge is 0.375 e. The van der Waals surface area contributed by atoms with Crippen LogP contribution in [0.25, 0.3) is 0 Å². The number of benzene rings is 1. The molecule has 0 aromatic heterocycles. The normalized spacial score (nSPS) is 19.0. The van der Waals surface area contributed by atoms with E-state index in [1.165, 1.54) is 0 Å². The maximum Gasteiger partial charge on any atom is 0.242 e. The van der Waals surface area contributed by atoms with Gasteiger partial charge in [0.25, 0.3) is 0 Å². The van der Waals surface area contributed by atoms with Gasteiger partial charge in [-0.3, -0.25) is 4.79 Å². The Bertz CT molecular complexity index is 461. The number of para-hydroxylation sites is 1. The molecule has 1 aliphatic heterocycles. The van der Waals surface area contributed by atoms with Crippen molar-refractivity contribution in [1.82, 2.24) is 5.32 Å². The smallest absolute Gasteiger partial charge is 0.242 e. The zero-order valence-electron chi connectivity index (χ0n) is 11.1. The molecule has 1 fully saturated rings. The molecule has 1 aliphatic rings. The predicted octanol–water partition coefficient (Wildman–Crippen LogP) is 2.05. The van der Waals surface area contributed by atoms with Crippen molar-refractivity contribution in [2.75, 3.05) is 42.4 Å². The third-order valence-electron chi connectivity index (χ3n) is 2.93. The Morgan fingerprint density at radius 3 is 2.95 bits per heavy atom. The monoisotopic (exact) mass is 299 g/mol. The quantitative estimate of drug-likeness (QED) is 0.897. The van der Waals surface area contributed by atoms with E-state index >= 15 is 0 Å². The first-order valence-corrected chi connectivity index (χ1v) is 7.70. The summed E-state index contributed by atoms with van der Waals surface area (Å²) in [7, 11) is 3.82. The van der Waals surface area contributed by atoms with E-state index in [2.05, 4.69) is 10.6 Å². The Kier molecular flexibility index (Phi) is 4.96. The average molecular weight is 300 g/mol. The first kappa shape index (κ1) is 14.5. The van der Waals surface area contributed by atoms with Crippen molar-refractivity contribution in [3.63, 3.8) is 0 Å². The Morgan fingerprint density at radius 2 is 2.32 bits per heavy atom. The number of carbonyl (C=O) groups is 1. The second-order valence-electron chi connectivity index (χ2n) is 4.60. The average Bonchev–Trinajstić information content (AvgIpc) is 2.39. The van der Waals surface area contributed by atoms with Gasteiger partial charge in [-0.1, -0.05) is 17.7 Å². The Morgan fingerprint density at radius 1 is 1.53 bits per heavy atom. The molecule has 0 radical (unpaired) electrons. The van der Waals surface area contributed by atoms with Crippen LogP contribution in [0.5, 0.6) is 0 Å². The van der Waals surface area contributed by atoms with Crippen molar-refractivity contribution in [3.05, 3.63) is 23.2 Å². The van der Waals surface area contributed by atoms with Crippen LogP contribution in [0.4, 0.5) is 11.4 Å². The van der Waals surface area contributed by atoms with Crippen molar-refractivity contribution >= 4 is 40.6 Å². The lowest BCUT2D eigenvalue weighted by Gasteiger charge is -2.24. The molecule has 0 spiro atoms. The number of anilines is 2. The summed E-state index contributed by atoms with van der Waals surface area (Å²) in [5, 5.41) is 6.82. The number of amides is 1. The number of hydrogen-bond donors (Lipinski definition) is 2. The molecule has 1 atom stereocenters. The van der Waals surface area contributed by atoms with Gasteiger partial charge >= 0.3 is 0 Å². The van der Waals surface area contributed by atoms with Gasteiger partial charge in [-0.15, -0.1) is 0 Å². The molecule has 1 amide bonds. The van der Waals surface area contributed by atoms with E-state index in [1.807, 2.05) is 37.2 Å². The van der Waals surface area contributed by atoms with Crippen molar-refractivity contribution in [2.45, 2.75) is 6.04 Å². The predicted molar refractivity (Wildman–Crippen MR) is 83.5 cm³/mol. The van der Waals surface area contributed by atoms with Crippen LogP contribution in [0.15, 0.2) is 18.2 Å². The second kappa shape index (κ2) is 6.50. The standard InChI is InChI=1S/C13H18ClN3OS/c1-17(2)12-9(14)4-3-5-10(12)16-13(18)11-8-19-7-6-15-11/h3-5,11,15H,6-8H2,1-2H3,(H,16,18). The van der Waals surface area contributed by atoms with Gasteiger partial charge in [0.1, 0.15) is 0 Å². The highest BCUT2D eigenvalue weighted by atomic mass is 35.5. The van der Waals surface area contributed by atoms with Crippen molar-refractivity contribution < 1.29 is 4.79 Å². The molecule has 104 valence electrons. The van der Waals surface area contributed by atoms with Gasteiger partial charge in [-0.25, -0.2) is 0 Å². The third kappa shape index (κ3) is 3.55. The molecule has 1 saturated heterocycles. The summed E-state index contributed by atoms with van der Waals surface area (Å²) in [6, 6.07) is 5.40. The van der Waals surface area contributed by atoms with E-state index in [-0.39, 0.29) is 11.9 Å². The van der Waals surface area contributed by atoms with Crippen LogP contribution in [0, 0.1) is 0 Å². The van der Waals surface area contributed by atoms with Gasteiger partial charge in [0.15, 0.2) is 0 Å². The summed E-state index contributed by atoms with van der Waals surface area (Å²) in [6.45, 7) is 0.874. The Hall–Kier alpha value is -0.910. The number of hydrogen-bond acceptors (Lipinski definition) is 4. The maximum atomic E-state index is 12.2. The maximum absolute atomic E-state index is 12.2. The number of halogens is 1. The van der Waals surface area contributed by atoms with E-state index in [4.69, 9.17) is 11.6 Å². The molecule has 2 rings (SSSR count). The molecule has 1 aromatic rings. The Labute approximate surface area is 122 Å². The molecule has 2 N–H and O–H groups in total. The summed E-state index contributed by atoms with van der Waals surface area (Å²) < 4.78 is 0. The van der Waals surface area contributed by atoms with E-state index in [0.29, 0.717) is 5.02 Å². The van der Waals surface area contributed by atoms with Gasteiger partial charge in [0.2, 0.25) is 5.91 Å². The molecule has 19 heavy (non-hydrogen) atoms. The van der Waals surface area contributed by atoms with Gasteiger partial charge < -0.3 is 15.5 Å². The van der Waals surface area contributed by atoms with Gasteiger partial charge in [-0.2, -0.15) is 11.8 Å². The summed E-state index contributed by atoms with van der Waals surface area (Å²) in [5.74, 6) is 1.87. The van der Waals surface area contributed by atoms with Crippen LogP contribution in [0.1, 0.15) is 0 Å². The zero-order chi connectivity index (χ0) is 13.8. The van der Waals surface area contributed by atoms with Gasteiger partial charge in [0.05, 0.1) is 22.4 Å². The van der Waals surface area contributed by atoms with Crippen molar-refractivity contribution in [3.8, 4) is 0 Å². The summed E-state index contributed by atoms with van der Waals surface area (Å²) in [5.41, 5.74) is 1.58. The van der Waals surface area contributed by atoms with Crippen LogP contribution >= 0.6 is 23.4 Å². The minimum atomic E-state index is -0.132. The first-order valence-electron chi connectivity index (χ1n) is 6.17. The number of nitrogens with one attached hydrogen (secondary N) is 2. The molecule has 1 unspecified atom stereocenters. The number of carbonyl (C=O) groups excluding carboxylic acids is 1. The van der Waals surface area contributed by atoms with E-state index in [9.17, 15) is 4.79 Å². The van der Waals surface area contributed by atoms with Gasteiger partial charge in [-0.05, 0) is 12.1 Å². The number of thioether (sulfide) groups is 1. The fraction of sp³-hybridized carbons (Fsp3) is 0.462. The molecule has 0 bridgehead atoms. The molecule has 0 saturated carbocycles. The van der Waals surface area contributed by atoms with Crippen LogP contribution in [-0.2, 0) is 4.79 Å². The lowest BCUT2D eigenvalue weighted by atomic mass is 10.2. The van der Waals surface area contributed by atoms with E-state index < -0.39 is 0 Å². The molecule has 6 heteroatoms. The SMILES string of the molecule is CN(C)c1c(Cl)cccc1NC(=O)C1CSCCN1. The van der Waals surface area contributed by atoms with Crippen molar-refractivity contribution in [2.24, 2.45) is 0 Å². The summed E-state index contributed by atoms with van der Waals surface area (Å²) in [6.07, 6.45) is 0. The number of rotatable bonds is 3. The molecular weight excluding hydrogens is 282 g/mol. The van der Waals surface area contributed by atoms with Crippen LogP contribution in [0.2, 0.25) is 5.02 Å². The fourth-order valence-electron chi connectivity index (χ4n) is 2.02. The van der Waals surface area contributed by atoms with Crippen LogP contribution < -0.4 is 15.5 Å². The highest BCUT2D eigenvalue weighted by Crippen LogP contribution is 2.32. The van der Waals surface area contributed by atoms with Crippen LogP contribution in [0.3, 0.4) is 0 Å². The van der Waals surface area contributed by atoms with E-state index in [1.54, 1.807) is 11.8 Å². The molecule has 1 aromatic carbocycles. The second-order valence-corrected chi connectivity index (χ2v) is 6.16. The van der Waals surface area contributed by atoms with Crippen LogP contribution in [-0.4, -0.2) is 44.1 Å². The number of nitrogens with zero attached hydrogens (tertiary/aromatic N) is 1. The first-order chi connectivity index (χ1) is 9.09. The fourth-order valence-corrected chi connectivity index (χ4v) is 3.30. The zero-order valence-corrected chi connectivity index (χ0v) is 12.6. The van der Waals surface area contributed by atoms with E-state index in [0.717, 1.165) is 29.4 Å². The van der Waals surface area contributed by atoms with Crippen molar-refractivity contribution in [1.29, 1.82) is 0 Å². The molecule has 4 nitrogen and oxygen atoms in total. The minimum Gasteiger partial charge on any atom is -0.375 e. The van der Waals surface area contributed by atoms with Gasteiger partial charge in [0, 0.05) is 32.1 Å². The third-order valence-corrected chi connectivity index (χ3v) is 4.30. The summed E-state index contributed by atoms with van der Waals surface area (Å²) >= 11 is 7.98. The topological polar surface area (TPSA) is 44.4 Å².